The van der Waals surface area contributed by atoms with E-state index in [-0.39, 0.29) is 11.6 Å². The Labute approximate surface area is 106 Å². The molecule has 1 rings (SSSR count). The van der Waals surface area contributed by atoms with Crippen molar-refractivity contribution in [2.24, 2.45) is 5.92 Å². The summed E-state index contributed by atoms with van der Waals surface area (Å²) in [5, 5.41) is 10.8. The fourth-order valence-corrected chi connectivity index (χ4v) is 1.96. The predicted molar refractivity (Wildman–Crippen MR) is 70.8 cm³/mol. The molecule has 0 radical (unpaired) electrons. The first-order valence-corrected chi connectivity index (χ1v) is 6.03. The lowest BCUT2D eigenvalue weighted by atomic mass is 10.1. The summed E-state index contributed by atoms with van der Waals surface area (Å²) in [6.07, 6.45) is 0. The molecule has 0 unspecified atom stereocenters. The van der Waals surface area contributed by atoms with Crippen LogP contribution in [-0.4, -0.2) is 18.5 Å². The van der Waals surface area contributed by atoms with Crippen LogP contribution in [0.25, 0.3) is 0 Å². The van der Waals surface area contributed by atoms with Gasteiger partial charge in [-0.05, 0) is 18.1 Å². The third-order valence-corrected chi connectivity index (χ3v) is 2.77. The SMILES string of the molecule is CC(C)CN(C)c1ccc([N+](=O)[O-])c(CCl)c1. The minimum Gasteiger partial charge on any atom is -0.374 e. The summed E-state index contributed by atoms with van der Waals surface area (Å²) in [6, 6.07) is 5.06. The molecule has 0 N–H and O–H groups in total. The lowest BCUT2D eigenvalue weighted by Gasteiger charge is -2.21. The minimum atomic E-state index is -0.399. The van der Waals surface area contributed by atoms with E-state index in [9.17, 15) is 10.1 Å². The Morgan fingerprint density at radius 1 is 1.47 bits per heavy atom. The highest BCUT2D eigenvalue weighted by atomic mass is 35.5. The van der Waals surface area contributed by atoms with Gasteiger partial charge in [0.1, 0.15) is 0 Å². The first-order valence-electron chi connectivity index (χ1n) is 5.50. The van der Waals surface area contributed by atoms with Gasteiger partial charge in [-0.2, -0.15) is 0 Å². The lowest BCUT2D eigenvalue weighted by Crippen LogP contribution is -2.22. The molecule has 1 aromatic rings. The summed E-state index contributed by atoms with van der Waals surface area (Å²) in [4.78, 5) is 12.4. The number of nitrogens with zero attached hydrogens (tertiary/aromatic N) is 2. The van der Waals surface area contributed by atoms with Crippen molar-refractivity contribution in [2.75, 3.05) is 18.5 Å². The maximum absolute atomic E-state index is 10.8. The Hall–Kier alpha value is -1.29. The second-order valence-corrected chi connectivity index (χ2v) is 4.75. The number of nitro groups is 1. The van der Waals surface area contributed by atoms with Crippen molar-refractivity contribution >= 4 is 23.0 Å². The van der Waals surface area contributed by atoms with Gasteiger partial charge in [-0.25, -0.2) is 0 Å². The van der Waals surface area contributed by atoms with E-state index in [2.05, 4.69) is 18.7 Å². The van der Waals surface area contributed by atoms with Gasteiger partial charge < -0.3 is 4.90 Å². The highest BCUT2D eigenvalue weighted by molar-refractivity contribution is 6.17. The third kappa shape index (κ3) is 3.60. The van der Waals surface area contributed by atoms with Crippen molar-refractivity contribution < 1.29 is 4.92 Å². The van der Waals surface area contributed by atoms with Crippen LogP contribution in [0.1, 0.15) is 19.4 Å². The van der Waals surface area contributed by atoms with Crippen molar-refractivity contribution in [1.82, 2.24) is 0 Å². The maximum atomic E-state index is 10.8. The number of hydrogen-bond acceptors (Lipinski definition) is 3. The van der Waals surface area contributed by atoms with Crippen LogP contribution in [0.5, 0.6) is 0 Å². The lowest BCUT2D eigenvalue weighted by molar-refractivity contribution is -0.385. The van der Waals surface area contributed by atoms with Crippen LogP contribution in [0.3, 0.4) is 0 Å². The standard InChI is InChI=1S/C12H17ClN2O2/c1-9(2)8-14(3)11-4-5-12(15(16)17)10(6-11)7-13/h4-6,9H,7-8H2,1-3H3. The number of nitro benzene ring substituents is 1. The average molecular weight is 257 g/mol. The Balaban J connectivity index is 3.00. The molecule has 0 heterocycles. The quantitative estimate of drug-likeness (QED) is 0.461. The topological polar surface area (TPSA) is 46.4 Å². The molecule has 5 heteroatoms. The van der Waals surface area contributed by atoms with Gasteiger partial charge in [-0.15, -0.1) is 11.6 Å². The molecular weight excluding hydrogens is 240 g/mol. The number of anilines is 1. The second kappa shape index (κ2) is 5.87. The molecule has 0 aliphatic rings. The van der Waals surface area contributed by atoms with Gasteiger partial charge in [-0.1, -0.05) is 13.8 Å². The highest BCUT2D eigenvalue weighted by Crippen LogP contribution is 2.26. The molecule has 0 aromatic heterocycles. The molecule has 0 bridgehead atoms. The van der Waals surface area contributed by atoms with E-state index < -0.39 is 4.92 Å². The highest BCUT2D eigenvalue weighted by Gasteiger charge is 2.14. The van der Waals surface area contributed by atoms with Gasteiger partial charge in [0.2, 0.25) is 0 Å². The summed E-state index contributed by atoms with van der Waals surface area (Å²) in [6.45, 7) is 5.16. The van der Waals surface area contributed by atoms with E-state index in [1.165, 1.54) is 6.07 Å². The molecule has 17 heavy (non-hydrogen) atoms. The molecule has 0 spiro atoms. The average Bonchev–Trinajstić information content (AvgIpc) is 2.27. The number of alkyl halides is 1. The minimum absolute atomic E-state index is 0.0849. The second-order valence-electron chi connectivity index (χ2n) is 4.48. The van der Waals surface area contributed by atoms with Gasteiger partial charge in [0.15, 0.2) is 0 Å². The normalized spacial score (nSPS) is 10.6. The molecule has 94 valence electrons. The predicted octanol–water partition coefficient (Wildman–Crippen LogP) is 3.43. The first-order chi connectivity index (χ1) is 7.95. The molecule has 0 aliphatic heterocycles. The zero-order valence-corrected chi connectivity index (χ0v) is 11.1. The molecule has 0 saturated carbocycles. The Bertz CT molecular complexity index is 407. The van der Waals surface area contributed by atoms with E-state index in [4.69, 9.17) is 11.6 Å². The van der Waals surface area contributed by atoms with Crippen LogP contribution in [0, 0.1) is 16.0 Å². The van der Waals surface area contributed by atoms with Crippen molar-refractivity contribution in [2.45, 2.75) is 19.7 Å². The number of benzene rings is 1. The summed E-state index contributed by atoms with van der Waals surface area (Å²) in [5.74, 6) is 0.689. The third-order valence-electron chi connectivity index (χ3n) is 2.48. The smallest absolute Gasteiger partial charge is 0.273 e. The Morgan fingerprint density at radius 3 is 2.59 bits per heavy atom. The number of halogens is 1. The van der Waals surface area contributed by atoms with Gasteiger partial charge in [0, 0.05) is 30.9 Å². The molecule has 0 saturated heterocycles. The Kier molecular flexibility index (Phi) is 4.75. The van der Waals surface area contributed by atoms with E-state index >= 15 is 0 Å². The molecule has 4 nitrogen and oxygen atoms in total. The zero-order chi connectivity index (χ0) is 13.0. The van der Waals surface area contributed by atoms with Crippen LogP contribution in [0.2, 0.25) is 0 Å². The van der Waals surface area contributed by atoms with Crippen molar-refractivity contribution in [1.29, 1.82) is 0 Å². The first kappa shape index (κ1) is 13.8. The van der Waals surface area contributed by atoms with Gasteiger partial charge in [0.05, 0.1) is 10.8 Å². The van der Waals surface area contributed by atoms with Crippen molar-refractivity contribution in [3.63, 3.8) is 0 Å². The van der Waals surface area contributed by atoms with Gasteiger partial charge >= 0.3 is 0 Å². The van der Waals surface area contributed by atoms with Gasteiger partial charge in [-0.3, -0.25) is 10.1 Å². The fourth-order valence-electron chi connectivity index (χ4n) is 1.75. The van der Waals surface area contributed by atoms with E-state index in [1.807, 2.05) is 7.05 Å². The van der Waals surface area contributed by atoms with Gasteiger partial charge in [0.25, 0.3) is 5.69 Å². The van der Waals surface area contributed by atoms with Crippen LogP contribution >= 0.6 is 11.6 Å². The fraction of sp³-hybridized carbons (Fsp3) is 0.500. The molecule has 0 amide bonds. The van der Waals surface area contributed by atoms with Crippen LogP contribution in [-0.2, 0) is 5.88 Å². The van der Waals surface area contributed by atoms with E-state index in [0.717, 1.165) is 12.2 Å². The molecular formula is C12H17ClN2O2. The molecule has 0 atom stereocenters. The van der Waals surface area contributed by atoms with Crippen molar-refractivity contribution in [3.05, 3.63) is 33.9 Å². The van der Waals surface area contributed by atoms with Crippen LogP contribution < -0.4 is 4.90 Å². The van der Waals surface area contributed by atoms with E-state index in [0.29, 0.717) is 11.5 Å². The number of hydrogen-bond donors (Lipinski definition) is 0. The molecule has 0 aliphatic carbocycles. The maximum Gasteiger partial charge on any atom is 0.273 e. The Morgan fingerprint density at radius 2 is 2.12 bits per heavy atom. The van der Waals surface area contributed by atoms with Crippen LogP contribution in [0.15, 0.2) is 18.2 Å². The monoisotopic (exact) mass is 256 g/mol. The summed E-state index contributed by atoms with van der Waals surface area (Å²) < 4.78 is 0. The zero-order valence-electron chi connectivity index (χ0n) is 10.3. The van der Waals surface area contributed by atoms with Crippen molar-refractivity contribution in [3.8, 4) is 0 Å². The summed E-state index contributed by atoms with van der Waals surface area (Å²) in [5.41, 5.74) is 1.60. The van der Waals surface area contributed by atoms with E-state index in [1.54, 1.807) is 12.1 Å². The summed E-state index contributed by atoms with van der Waals surface area (Å²) in [7, 11) is 1.97. The summed E-state index contributed by atoms with van der Waals surface area (Å²) >= 11 is 5.74. The van der Waals surface area contributed by atoms with Crippen LogP contribution in [0.4, 0.5) is 11.4 Å². The number of rotatable bonds is 5. The largest absolute Gasteiger partial charge is 0.374 e. The molecule has 1 aromatic carbocycles. The molecule has 0 fully saturated rings.